The summed E-state index contributed by atoms with van der Waals surface area (Å²) in [6.07, 6.45) is 2.07. The van der Waals surface area contributed by atoms with Crippen LogP contribution in [0.4, 0.5) is 0 Å². The second-order valence-corrected chi connectivity index (χ2v) is 5.59. The Hall–Kier alpha value is -1.44. The van der Waals surface area contributed by atoms with Crippen LogP contribution in [-0.2, 0) is 6.54 Å². The van der Waals surface area contributed by atoms with E-state index < -0.39 is 0 Å². The third-order valence-electron chi connectivity index (χ3n) is 3.28. The molecule has 1 heterocycles. The molecular weight excluding hydrogens is 277 g/mol. The van der Waals surface area contributed by atoms with Gasteiger partial charge in [-0.2, -0.15) is 0 Å². The molecular formula is C16H13Cl2N. The van der Waals surface area contributed by atoms with Gasteiger partial charge in [0.25, 0.3) is 0 Å². The molecule has 0 radical (unpaired) electrons. The lowest BCUT2D eigenvalue weighted by Gasteiger charge is -2.08. The number of nitrogens with zero attached hydrogens (tertiary/aromatic N) is 1. The molecule has 1 aromatic heterocycles. The molecule has 0 aliphatic carbocycles. The molecule has 0 saturated heterocycles. The maximum atomic E-state index is 6.29. The van der Waals surface area contributed by atoms with Gasteiger partial charge in [0.15, 0.2) is 0 Å². The van der Waals surface area contributed by atoms with Crippen LogP contribution in [0.3, 0.4) is 0 Å². The summed E-state index contributed by atoms with van der Waals surface area (Å²) in [7, 11) is 0. The van der Waals surface area contributed by atoms with Crippen LogP contribution < -0.4 is 0 Å². The van der Waals surface area contributed by atoms with E-state index in [1.807, 2.05) is 31.2 Å². The van der Waals surface area contributed by atoms with Crippen molar-refractivity contribution in [3.8, 4) is 0 Å². The average molecular weight is 290 g/mol. The van der Waals surface area contributed by atoms with Gasteiger partial charge in [-0.05, 0) is 48.4 Å². The van der Waals surface area contributed by atoms with E-state index in [-0.39, 0.29) is 0 Å². The van der Waals surface area contributed by atoms with Crippen molar-refractivity contribution in [3.05, 3.63) is 69.8 Å². The molecule has 0 bridgehead atoms. The smallest absolute Gasteiger partial charge is 0.0490 e. The van der Waals surface area contributed by atoms with E-state index in [0.717, 1.165) is 27.5 Å². The zero-order chi connectivity index (χ0) is 13.4. The number of aromatic nitrogens is 1. The first-order valence-electron chi connectivity index (χ1n) is 6.13. The zero-order valence-electron chi connectivity index (χ0n) is 10.5. The van der Waals surface area contributed by atoms with Gasteiger partial charge in [0.05, 0.1) is 0 Å². The Labute approximate surface area is 122 Å². The molecule has 3 heteroatoms. The number of hydrogen-bond donors (Lipinski definition) is 0. The summed E-state index contributed by atoms with van der Waals surface area (Å²) in [6.45, 7) is 2.81. The van der Waals surface area contributed by atoms with Crippen molar-refractivity contribution in [3.63, 3.8) is 0 Å². The van der Waals surface area contributed by atoms with Crippen molar-refractivity contribution >= 4 is 34.1 Å². The minimum absolute atomic E-state index is 0.763. The Morgan fingerprint density at radius 3 is 2.63 bits per heavy atom. The van der Waals surface area contributed by atoms with E-state index in [4.69, 9.17) is 23.2 Å². The lowest BCUT2D eigenvalue weighted by molar-refractivity contribution is 0.837. The van der Waals surface area contributed by atoms with Crippen LogP contribution in [0.25, 0.3) is 10.9 Å². The monoisotopic (exact) mass is 289 g/mol. The quantitative estimate of drug-likeness (QED) is 0.603. The van der Waals surface area contributed by atoms with Gasteiger partial charge in [0.1, 0.15) is 0 Å². The maximum Gasteiger partial charge on any atom is 0.0490 e. The van der Waals surface area contributed by atoms with Crippen LogP contribution in [0.5, 0.6) is 0 Å². The van der Waals surface area contributed by atoms with Gasteiger partial charge in [-0.3, -0.25) is 0 Å². The number of rotatable bonds is 2. The largest absolute Gasteiger partial charge is 0.343 e. The number of halogens is 2. The Morgan fingerprint density at radius 2 is 1.84 bits per heavy atom. The molecule has 0 N–H and O–H groups in total. The molecule has 0 amide bonds. The van der Waals surface area contributed by atoms with Crippen LogP contribution in [-0.4, -0.2) is 4.57 Å². The standard InChI is InChI=1S/C16H13Cl2N/c1-11-2-3-13(15(18)8-11)10-19-7-6-12-9-14(17)4-5-16(12)19/h2-9H,10H2,1H3. The Bertz CT molecular complexity index is 744. The van der Waals surface area contributed by atoms with Crippen LogP contribution in [0.1, 0.15) is 11.1 Å². The number of hydrogen-bond acceptors (Lipinski definition) is 0. The van der Waals surface area contributed by atoms with Crippen LogP contribution >= 0.6 is 23.2 Å². The predicted molar refractivity (Wildman–Crippen MR) is 82.2 cm³/mol. The highest BCUT2D eigenvalue weighted by atomic mass is 35.5. The van der Waals surface area contributed by atoms with Gasteiger partial charge < -0.3 is 4.57 Å². The Kier molecular flexibility index (Phi) is 3.26. The number of aryl methyl sites for hydroxylation is 1. The van der Waals surface area contributed by atoms with Gasteiger partial charge in [0.2, 0.25) is 0 Å². The minimum Gasteiger partial charge on any atom is -0.343 e. The van der Waals surface area contributed by atoms with E-state index in [1.165, 1.54) is 11.1 Å². The highest BCUT2D eigenvalue weighted by Crippen LogP contribution is 2.24. The van der Waals surface area contributed by atoms with Crippen molar-refractivity contribution in [1.29, 1.82) is 0 Å². The van der Waals surface area contributed by atoms with Crippen molar-refractivity contribution < 1.29 is 0 Å². The number of fused-ring (bicyclic) bond motifs is 1. The molecule has 0 unspecified atom stereocenters. The molecule has 19 heavy (non-hydrogen) atoms. The minimum atomic E-state index is 0.763. The van der Waals surface area contributed by atoms with Crippen molar-refractivity contribution in [2.24, 2.45) is 0 Å². The second kappa shape index (κ2) is 4.92. The van der Waals surface area contributed by atoms with Crippen molar-refractivity contribution in [1.82, 2.24) is 4.57 Å². The average Bonchev–Trinajstić information content (AvgIpc) is 2.75. The van der Waals surface area contributed by atoms with E-state index in [2.05, 4.69) is 29.0 Å². The molecule has 2 aromatic carbocycles. The topological polar surface area (TPSA) is 4.93 Å². The lowest BCUT2D eigenvalue weighted by atomic mass is 10.1. The molecule has 0 fully saturated rings. The molecule has 0 spiro atoms. The number of benzene rings is 2. The molecule has 0 atom stereocenters. The molecule has 0 saturated carbocycles. The maximum absolute atomic E-state index is 6.29. The molecule has 0 aliphatic heterocycles. The highest BCUT2D eigenvalue weighted by molar-refractivity contribution is 6.31. The van der Waals surface area contributed by atoms with Gasteiger partial charge in [-0.25, -0.2) is 0 Å². The fraction of sp³-hybridized carbons (Fsp3) is 0.125. The van der Waals surface area contributed by atoms with Crippen molar-refractivity contribution in [2.75, 3.05) is 0 Å². The summed E-state index contributed by atoms with van der Waals surface area (Å²) in [4.78, 5) is 0. The summed E-state index contributed by atoms with van der Waals surface area (Å²) < 4.78 is 2.18. The summed E-state index contributed by atoms with van der Waals surface area (Å²) >= 11 is 12.3. The second-order valence-electron chi connectivity index (χ2n) is 4.74. The first kappa shape index (κ1) is 12.6. The summed E-state index contributed by atoms with van der Waals surface area (Å²) in [5, 5.41) is 2.73. The van der Waals surface area contributed by atoms with Crippen molar-refractivity contribution in [2.45, 2.75) is 13.5 Å². The lowest BCUT2D eigenvalue weighted by Crippen LogP contribution is -1.98. The normalized spacial score (nSPS) is 11.1. The third kappa shape index (κ3) is 2.49. The molecule has 3 aromatic rings. The summed E-state index contributed by atoms with van der Waals surface area (Å²) in [5.41, 5.74) is 3.47. The van der Waals surface area contributed by atoms with Crippen LogP contribution in [0.15, 0.2) is 48.7 Å². The molecule has 1 nitrogen and oxygen atoms in total. The first-order chi connectivity index (χ1) is 9.13. The van der Waals surface area contributed by atoms with Gasteiger partial charge >= 0.3 is 0 Å². The van der Waals surface area contributed by atoms with Crippen LogP contribution in [0, 0.1) is 6.92 Å². The third-order valence-corrected chi connectivity index (χ3v) is 3.87. The molecule has 0 aliphatic rings. The van der Waals surface area contributed by atoms with Crippen LogP contribution in [0.2, 0.25) is 10.0 Å². The molecule has 3 rings (SSSR count). The van der Waals surface area contributed by atoms with E-state index >= 15 is 0 Å². The summed E-state index contributed by atoms with van der Waals surface area (Å²) in [5.74, 6) is 0. The van der Waals surface area contributed by atoms with E-state index in [1.54, 1.807) is 0 Å². The van der Waals surface area contributed by atoms with Gasteiger partial charge in [0, 0.05) is 33.7 Å². The summed E-state index contributed by atoms with van der Waals surface area (Å²) in [6, 6.07) is 14.2. The highest BCUT2D eigenvalue weighted by Gasteiger charge is 2.05. The fourth-order valence-corrected chi connectivity index (χ4v) is 2.75. The fourth-order valence-electron chi connectivity index (χ4n) is 2.27. The van der Waals surface area contributed by atoms with E-state index in [9.17, 15) is 0 Å². The first-order valence-corrected chi connectivity index (χ1v) is 6.88. The predicted octanol–water partition coefficient (Wildman–Crippen LogP) is 5.30. The van der Waals surface area contributed by atoms with Gasteiger partial charge in [-0.1, -0.05) is 35.3 Å². The Balaban J connectivity index is 2.01. The SMILES string of the molecule is Cc1ccc(Cn2ccc3cc(Cl)ccc32)c(Cl)c1. The molecule has 96 valence electrons. The zero-order valence-corrected chi connectivity index (χ0v) is 12.0. The van der Waals surface area contributed by atoms with Gasteiger partial charge in [-0.15, -0.1) is 0 Å². The Morgan fingerprint density at radius 1 is 1.00 bits per heavy atom. The van der Waals surface area contributed by atoms with E-state index in [0.29, 0.717) is 0 Å².